The molecule has 0 amide bonds. The maximum Gasteiger partial charge on any atom is 0.131 e. The maximum absolute atomic E-state index is 9.99. The number of anilines is 1. The molecule has 104 valence electrons. The van der Waals surface area contributed by atoms with Crippen molar-refractivity contribution in [3.05, 3.63) is 23.4 Å². The fraction of sp³-hybridized carbons (Fsp3) is 0.667. The predicted octanol–water partition coefficient (Wildman–Crippen LogP) is 1.32. The van der Waals surface area contributed by atoms with E-state index in [1.165, 1.54) is 17.5 Å². The molecule has 3 unspecified atom stereocenters. The Hall–Kier alpha value is -1.13. The number of hydrogen-bond acceptors (Lipinski definition) is 4. The van der Waals surface area contributed by atoms with Crippen molar-refractivity contribution in [2.75, 3.05) is 25.0 Å². The molecule has 2 fully saturated rings. The average molecular weight is 261 g/mol. The van der Waals surface area contributed by atoms with Gasteiger partial charge in [-0.05, 0) is 49.9 Å². The average Bonchev–Trinajstić information content (AvgIpc) is 2.93. The van der Waals surface area contributed by atoms with Gasteiger partial charge in [-0.15, -0.1) is 0 Å². The Kier molecular flexibility index (Phi) is 3.46. The third-order valence-corrected chi connectivity index (χ3v) is 4.61. The molecule has 0 aromatic carbocycles. The van der Waals surface area contributed by atoms with E-state index in [9.17, 15) is 5.11 Å². The molecule has 3 rings (SSSR count). The van der Waals surface area contributed by atoms with Crippen LogP contribution in [-0.4, -0.2) is 36.3 Å². The minimum absolute atomic E-state index is 0.0983. The van der Waals surface area contributed by atoms with Crippen molar-refractivity contribution in [2.45, 2.75) is 32.4 Å². The van der Waals surface area contributed by atoms with Crippen molar-refractivity contribution in [3.63, 3.8) is 0 Å². The predicted molar refractivity (Wildman–Crippen MR) is 76.2 cm³/mol. The minimum Gasteiger partial charge on any atom is -0.393 e. The summed E-state index contributed by atoms with van der Waals surface area (Å²) in [7, 11) is 1.95. The molecule has 1 aliphatic heterocycles. The van der Waals surface area contributed by atoms with Gasteiger partial charge in [0.2, 0.25) is 0 Å². The van der Waals surface area contributed by atoms with E-state index in [0.717, 1.165) is 31.9 Å². The van der Waals surface area contributed by atoms with Crippen LogP contribution in [0.3, 0.4) is 0 Å². The molecule has 4 heteroatoms. The molecule has 1 aromatic heterocycles. The van der Waals surface area contributed by atoms with Crippen LogP contribution in [0.5, 0.6) is 0 Å². The van der Waals surface area contributed by atoms with E-state index in [2.05, 4.69) is 28.2 Å². The molecule has 0 radical (unpaired) electrons. The van der Waals surface area contributed by atoms with Crippen molar-refractivity contribution in [1.82, 2.24) is 10.3 Å². The Labute approximate surface area is 114 Å². The molecule has 1 aliphatic carbocycles. The Balaban J connectivity index is 1.77. The highest BCUT2D eigenvalue weighted by molar-refractivity contribution is 5.48. The normalized spacial score (nSPS) is 29.8. The van der Waals surface area contributed by atoms with Crippen LogP contribution in [0.2, 0.25) is 0 Å². The third-order valence-electron chi connectivity index (χ3n) is 4.61. The number of rotatable bonds is 3. The Bertz CT molecular complexity index is 463. The van der Waals surface area contributed by atoms with Crippen LogP contribution in [0.1, 0.15) is 24.0 Å². The van der Waals surface area contributed by atoms with Crippen molar-refractivity contribution < 1.29 is 5.11 Å². The fourth-order valence-corrected chi connectivity index (χ4v) is 3.67. The van der Waals surface area contributed by atoms with Crippen molar-refractivity contribution in [3.8, 4) is 0 Å². The lowest BCUT2D eigenvalue weighted by Gasteiger charge is -2.21. The molecule has 2 N–H and O–H groups in total. The molecule has 3 atom stereocenters. The number of nitrogens with zero attached hydrogens (tertiary/aromatic N) is 2. The zero-order chi connectivity index (χ0) is 13.4. The minimum atomic E-state index is -0.0983. The lowest BCUT2D eigenvalue weighted by Crippen LogP contribution is -2.26. The van der Waals surface area contributed by atoms with E-state index in [1.54, 1.807) is 0 Å². The number of nitrogens with one attached hydrogen (secondary N) is 1. The summed E-state index contributed by atoms with van der Waals surface area (Å²) in [6.45, 7) is 5.01. The second-order valence-corrected chi connectivity index (χ2v) is 5.99. The van der Waals surface area contributed by atoms with Crippen molar-refractivity contribution in [2.24, 2.45) is 11.8 Å². The molecule has 2 aliphatic rings. The second kappa shape index (κ2) is 5.10. The summed E-state index contributed by atoms with van der Waals surface area (Å²) in [6, 6.07) is 2.21. The summed E-state index contributed by atoms with van der Waals surface area (Å²) in [5.74, 6) is 2.22. The summed E-state index contributed by atoms with van der Waals surface area (Å²) in [5, 5.41) is 13.1. The molecule has 1 aromatic rings. The van der Waals surface area contributed by atoms with Gasteiger partial charge in [0.05, 0.1) is 6.10 Å². The van der Waals surface area contributed by atoms with E-state index in [0.29, 0.717) is 11.8 Å². The van der Waals surface area contributed by atoms with Gasteiger partial charge in [-0.2, -0.15) is 0 Å². The number of aliphatic hydroxyl groups excluding tert-OH is 1. The largest absolute Gasteiger partial charge is 0.393 e. The van der Waals surface area contributed by atoms with Gasteiger partial charge in [-0.1, -0.05) is 0 Å². The summed E-state index contributed by atoms with van der Waals surface area (Å²) in [6.07, 6.45) is 4.01. The first-order chi connectivity index (χ1) is 9.19. The number of aliphatic hydroxyl groups is 1. The van der Waals surface area contributed by atoms with Crippen LogP contribution in [0, 0.1) is 18.8 Å². The van der Waals surface area contributed by atoms with Gasteiger partial charge in [0.15, 0.2) is 0 Å². The molecule has 19 heavy (non-hydrogen) atoms. The molecular formula is C15H23N3O. The summed E-state index contributed by atoms with van der Waals surface area (Å²) < 4.78 is 0. The molecular weight excluding hydrogens is 238 g/mol. The molecule has 2 heterocycles. The lowest BCUT2D eigenvalue weighted by molar-refractivity contribution is 0.133. The van der Waals surface area contributed by atoms with E-state index in [4.69, 9.17) is 0 Å². The Morgan fingerprint density at radius 1 is 1.42 bits per heavy atom. The zero-order valence-electron chi connectivity index (χ0n) is 11.8. The second-order valence-electron chi connectivity index (χ2n) is 5.99. The summed E-state index contributed by atoms with van der Waals surface area (Å²) in [5.41, 5.74) is 2.46. The SMILES string of the molecule is CNCc1cnc(N2CC3CCC(O)C3C2)c(C)c1. The number of aryl methyl sites for hydroxylation is 1. The Morgan fingerprint density at radius 3 is 2.95 bits per heavy atom. The zero-order valence-corrected chi connectivity index (χ0v) is 11.8. The number of aromatic nitrogens is 1. The van der Waals surface area contributed by atoms with Crippen LogP contribution >= 0.6 is 0 Å². The smallest absolute Gasteiger partial charge is 0.131 e. The van der Waals surface area contributed by atoms with Crippen LogP contribution < -0.4 is 10.2 Å². The summed E-state index contributed by atoms with van der Waals surface area (Å²) >= 11 is 0. The van der Waals surface area contributed by atoms with Gasteiger partial charge in [-0.25, -0.2) is 4.98 Å². The first kappa shape index (κ1) is 12.9. The quantitative estimate of drug-likeness (QED) is 0.861. The summed E-state index contributed by atoms with van der Waals surface area (Å²) in [4.78, 5) is 6.99. The van der Waals surface area contributed by atoms with Gasteiger partial charge in [0.1, 0.15) is 5.82 Å². The standard InChI is InChI=1S/C15H23N3O/c1-10-5-11(6-16-2)7-17-15(10)18-8-12-3-4-14(19)13(12)9-18/h5,7,12-14,16,19H,3-4,6,8-9H2,1-2H3. The van der Waals surface area contributed by atoms with Gasteiger partial charge in [0.25, 0.3) is 0 Å². The van der Waals surface area contributed by atoms with Crippen molar-refractivity contribution >= 4 is 5.82 Å². The topological polar surface area (TPSA) is 48.4 Å². The van der Waals surface area contributed by atoms with Crippen LogP contribution in [0.15, 0.2) is 12.3 Å². The molecule has 1 saturated carbocycles. The monoisotopic (exact) mass is 261 g/mol. The van der Waals surface area contributed by atoms with Gasteiger partial charge >= 0.3 is 0 Å². The number of fused-ring (bicyclic) bond motifs is 1. The highest BCUT2D eigenvalue weighted by Crippen LogP contribution is 2.39. The van der Waals surface area contributed by atoms with E-state index < -0.39 is 0 Å². The van der Waals surface area contributed by atoms with E-state index in [1.807, 2.05) is 13.2 Å². The first-order valence-electron chi connectivity index (χ1n) is 7.22. The van der Waals surface area contributed by atoms with Gasteiger partial charge < -0.3 is 15.3 Å². The molecule has 4 nitrogen and oxygen atoms in total. The first-order valence-corrected chi connectivity index (χ1v) is 7.22. The van der Waals surface area contributed by atoms with Gasteiger partial charge in [-0.3, -0.25) is 0 Å². The number of pyridine rings is 1. The van der Waals surface area contributed by atoms with E-state index in [-0.39, 0.29) is 6.10 Å². The maximum atomic E-state index is 9.99. The van der Waals surface area contributed by atoms with Crippen LogP contribution in [-0.2, 0) is 6.54 Å². The van der Waals surface area contributed by atoms with Crippen molar-refractivity contribution in [1.29, 1.82) is 0 Å². The highest BCUT2D eigenvalue weighted by Gasteiger charge is 2.42. The van der Waals surface area contributed by atoms with E-state index >= 15 is 0 Å². The lowest BCUT2D eigenvalue weighted by atomic mass is 10.00. The highest BCUT2D eigenvalue weighted by atomic mass is 16.3. The molecule has 1 saturated heterocycles. The van der Waals surface area contributed by atoms with Crippen LogP contribution in [0.25, 0.3) is 0 Å². The third kappa shape index (κ3) is 2.35. The van der Waals surface area contributed by atoms with Crippen LogP contribution in [0.4, 0.5) is 5.82 Å². The van der Waals surface area contributed by atoms with Gasteiger partial charge in [0, 0.05) is 31.7 Å². The fourth-order valence-electron chi connectivity index (χ4n) is 3.67. The molecule has 0 bridgehead atoms. The Morgan fingerprint density at radius 2 is 2.26 bits per heavy atom. The molecule has 0 spiro atoms. The number of hydrogen-bond donors (Lipinski definition) is 2.